The molecule has 1 aliphatic rings. The molecule has 1 amide bonds. The first-order valence-corrected chi connectivity index (χ1v) is 8.90. The Hall–Kier alpha value is -1.79. The fourth-order valence-corrected chi connectivity index (χ4v) is 4.27. The van der Waals surface area contributed by atoms with Crippen LogP contribution in [0.25, 0.3) is 0 Å². The smallest absolute Gasteiger partial charge is 0.246 e. The van der Waals surface area contributed by atoms with Crippen LogP contribution in [0.5, 0.6) is 0 Å². The molecule has 2 heterocycles. The van der Waals surface area contributed by atoms with Crippen LogP contribution in [0.2, 0.25) is 5.02 Å². The molecule has 3 rings (SSSR count). The lowest BCUT2D eigenvalue weighted by atomic mass is 10.0. The molecule has 0 saturated heterocycles. The van der Waals surface area contributed by atoms with Crippen LogP contribution in [0.1, 0.15) is 23.7 Å². The van der Waals surface area contributed by atoms with E-state index in [9.17, 15) is 9.18 Å². The minimum atomic E-state index is -0.244. The molecule has 1 aliphatic heterocycles. The minimum Gasteiger partial charge on any atom is -0.326 e. The van der Waals surface area contributed by atoms with Gasteiger partial charge in [-0.05, 0) is 24.1 Å². The van der Waals surface area contributed by atoms with E-state index in [-0.39, 0.29) is 17.8 Å². The Morgan fingerprint density at radius 1 is 1.62 bits per heavy atom. The van der Waals surface area contributed by atoms with Crippen LogP contribution in [0, 0.1) is 5.82 Å². The first-order valence-electron chi connectivity index (χ1n) is 7.53. The van der Waals surface area contributed by atoms with Gasteiger partial charge in [-0.25, -0.2) is 4.39 Å². The summed E-state index contributed by atoms with van der Waals surface area (Å²) in [7, 11) is 1.78. The SMILES string of the molecule is C=CC(=O)N(Cc1c(Cl)cnn1C)C1CCSc2c(F)cccc21. The summed E-state index contributed by atoms with van der Waals surface area (Å²) in [6.07, 6.45) is 3.58. The molecule has 1 aromatic heterocycles. The van der Waals surface area contributed by atoms with Crippen molar-refractivity contribution in [2.75, 3.05) is 5.75 Å². The van der Waals surface area contributed by atoms with Gasteiger partial charge in [-0.15, -0.1) is 11.8 Å². The lowest BCUT2D eigenvalue weighted by Crippen LogP contribution is -2.35. The molecule has 0 aliphatic carbocycles. The largest absolute Gasteiger partial charge is 0.326 e. The molecule has 7 heteroatoms. The summed E-state index contributed by atoms with van der Waals surface area (Å²) in [5.41, 5.74) is 1.57. The zero-order chi connectivity index (χ0) is 17.3. The number of rotatable bonds is 4. The number of carbonyl (C=O) groups is 1. The monoisotopic (exact) mass is 365 g/mol. The van der Waals surface area contributed by atoms with Crippen LogP contribution in [0.4, 0.5) is 4.39 Å². The molecule has 24 heavy (non-hydrogen) atoms. The highest BCUT2D eigenvalue weighted by Crippen LogP contribution is 2.41. The number of fused-ring (bicyclic) bond motifs is 1. The van der Waals surface area contributed by atoms with Crippen molar-refractivity contribution in [3.05, 3.63) is 59.1 Å². The van der Waals surface area contributed by atoms with Crippen LogP contribution >= 0.6 is 23.4 Å². The van der Waals surface area contributed by atoms with Gasteiger partial charge in [0.1, 0.15) is 5.82 Å². The van der Waals surface area contributed by atoms with E-state index < -0.39 is 0 Å². The van der Waals surface area contributed by atoms with E-state index in [0.717, 1.165) is 23.4 Å². The number of hydrogen-bond acceptors (Lipinski definition) is 3. The third-order valence-electron chi connectivity index (χ3n) is 4.16. The molecule has 0 fully saturated rings. The van der Waals surface area contributed by atoms with E-state index >= 15 is 0 Å². The molecule has 0 bridgehead atoms. The molecule has 0 saturated carbocycles. The van der Waals surface area contributed by atoms with Gasteiger partial charge in [0.2, 0.25) is 5.91 Å². The molecular formula is C17H17ClFN3OS. The maximum absolute atomic E-state index is 14.1. The van der Waals surface area contributed by atoms with E-state index in [4.69, 9.17) is 11.6 Å². The standard InChI is InChI=1S/C17H17ClFN3OS/c1-3-16(23)22(10-15-12(18)9-20-21(15)2)14-7-8-24-17-11(14)5-4-6-13(17)19/h3-6,9,14H,1,7-8,10H2,2H3. The topological polar surface area (TPSA) is 38.1 Å². The summed E-state index contributed by atoms with van der Waals surface area (Å²) in [4.78, 5) is 14.8. The predicted molar refractivity (Wildman–Crippen MR) is 93.4 cm³/mol. The van der Waals surface area contributed by atoms with Crippen molar-refractivity contribution in [1.29, 1.82) is 0 Å². The van der Waals surface area contributed by atoms with Crippen LogP contribution < -0.4 is 0 Å². The van der Waals surface area contributed by atoms with Crippen molar-refractivity contribution < 1.29 is 9.18 Å². The van der Waals surface area contributed by atoms with Gasteiger partial charge >= 0.3 is 0 Å². The molecule has 4 nitrogen and oxygen atoms in total. The van der Waals surface area contributed by atoms with E-state index in [1.165, 1.54) is 23.9 Å². The maximum Gasteiger partial charge on any atom is 0.246 e. The van der Waals surface area contributed by atoms with Crippen LogP contribution in [-0.4, -0.2) is 26.3 Å². The number of thioether (sulfide) groups is 1. The summed E-state index contributed by atoms with van der Waals surface area (Å²) < 4.78 is 15.8. The van der Waals surface area contributed by atoms with Crippen molar-refractivity contribution in [3.63, 3.8) is 0 Å². The van der Waals surface area contributed by atoms with E-state index in [0.29, 0.717) is 16.5 Å². The highest BCUT2D eigenvalue weighted by molar-refractivity contribution is 7.99. The Kier molecular flexibility index (Phi) is 4.96. The predicted octanol–water partition coefficient (Wildman–Crippen LogP) is 3.96. The first kappa shape index (κ1) is 17.0. The van der Waals surface area contributed by atoms with E-state index in [1.807, 2.05) is 6.07 Å². The third-order valence-corrected chi connectivity index (χ3v) is 5.63. The fraction of sp³-hybridized carbons (Fsp3) is 0.294. The second-order valence-corrected chi connectivity index (χ2v) is 7.06. The zero-order valence-corrected chi connectivity index (χ0v) is 14.8. The number of halogens is 2. The number of aromatic nitrogens is 2. The molecule has 0 radical (unpaired) electrons. The molecular weight excluding hydrogens is 349 g/mol. The van der Waals surface area contributed by atoms with Crippen molar-refractivity contribution in [2.45, 2.75) is 23.9 Å². The lowest BCUT2D eigenvalue weighted by molar-refractivity contribution is -0.129. The van der Waals surface area contributed by atoms with Gasteiger partial charge in [-0.2, -0.15) is 5.10 Å². The molecule has 0 spiro atoms. The van der Waals surface area contributed by atoms with Gasteiger partial charge in [0.25, 0.3) is 0 Å². The summed E-state index contributed by atoms with van der Waals surface area (Å²) in [6.45, 7) is 3.90. The molecule has 1 unspecified atom stereocenters. The number of hydrogen-bond donors (Lipinski definition) is 0. The Bertz CT molecular complexity index is 773. The number of carbonyl (C=O) groups excluding carboxylic acids is 1. The molecule has 1 atom stereocenters. The van der Waals surface area contributed by atoms with Crippen molar-refractivity contribution >= 4 is 29.3 Å². The lowest BCUT2D eigenvalue weighted by Gasteiger charge is -2.35. The van der Waals surface area contributed by atoms with Crippen molar-refractivity contribution in [2.24, 2.45) is 7.05 Å². The highest BCUT2D eigenvalue weighted by Gasteiger charge is 2.31. The Labute approximate surface area is 149 Å². The maximum atomic E-state index is 14.1. The Morgan fingerprint density at radius 3 is 3.08 bits per heavy atom. The van der Waals surface area contributed by atoms with Gasteiger partial charge in [-0.3, -0.25) is 9.48 Å². The zero-order valence-electron chi connectivity index (χ0n) is 13.2. The molecule has 1 aromatic carbocycles. The summed E-state index contributed by atoms with van der Waals surface area (Å²) in [5.74, 6) is 0.296. The van der Waals surface area contributed by atoms with Gasteiger partial charge in [0.15, 0.2) is 0 Å². The van der Waals surface area contributed by atoms with Gasteiger partial charge in [0, 0.05) is 17.7 Å². The second-order valence-electron chi connectivity index (χ2n) is 5.54. The van der Waals surface area contributed by atoms with Crippen molar-refractivity contribution in [3.8, 4) is 0 Å². The second kappa shape index (κ2) is 6.99. The summed E-state index contributed by atoms with van der Waals surface area (Å²) in [5, 5.41) is 4.62. The minimum absolute atomic E-state index is 0.209. The van der Waals surface area contributed by atoms with Crippen LogP contribution in [0.15, 0.2) is 41.9 Å². The number of amides is 1. The van der Waals surface area contributed by atoms with E-state index in [1.54, 1.807) is 28.9 Å². The normalized spacial score (nSPS) is 16.5. The fourth-order valence-electron chi connectivity index (χ4n) is 2.93. The molecule has 0 N–H and O–H groups in total. The molecule has 126 valence electrons. The average molecular weight is 366 g/mol. The quantitative estimate of drug-likeness (QED) is 0.769. The van der Waals surface area contributed by atoms with Gasteiger partial charge < -0.3 is 4.90 Å². The summed E-state index contributed by atoms with van der Waals surface area (Å²) in [6, 6.07) is 4.80. The van der Waals surface area contributed by atoms with Gasteiger partial charge in [-0.1, -0.05) is 30.3 Å². The van der Waals surface area contributed by atoms with Crippen molar-refractivity contribution in [1.82, 2.24) is 14.7 Å². The number of aryl methyl sites for hydroxylation is 1. The van der Waals surface area contributed by atoms with E-state index in [2.05, 4.69) is 11.7 Å². The summed E-state index contributed by atoms with van der Waals surface area (Å²) >= 11 is 7.68. The van der Waals surface area contributed by atoms with Gasteiger partial charge in [0.05, 0.1) is 29.5 Å². The molecule has 2 aromatic rings. The highest BCUT2D eigenvalue weighted by atomic mass is 35.5. The average Bonchev–Trinajstić information content (AvgIpc) is 2.90. The Morgan fingerprint density at radius 2 is 2.42 bits per heavy atom. The number of nitrogens with zero attached hydrogens (tertiary/aromatic N) is 3. The Balaban J connectivity index is 2.01. The first-order chi connectivity index (χ1) is 11.5. The third kappa shape index (κ3) is 3.08. The van der Waals surface area contributed by atoms with Crippen LogP contribution in [0.3, 0.4) is 0 Å². The number of benzene rings is 1. The van der Waals surface area contributed by atoms with Crippen LogP contribution in [-0.2, 0) is 18.4 Å².